The quantitative estimate of drug-likeness (QED) is 0.846. The molecular formula is C18H23N3O2. The number of benzene rings is 1. The van der Waals surface area contributed by atoms with Crippen molar-refractivity contribution in [3.05, 3.63) is 47.1 Å². The summed E-state index contributed by atoms with van der Waals surface area (Å²) in [5.74, 6) is 1.92. The molecule has 5 nitrogen and oxygen atoms in total. The normalized spacial score (nSPS) is 18.2. The Morgan fingerprint density at radius 3 is 2.65 bits per heavy atom. The van der Waals surface area contributed by atoms with E-state index < -0.39 is 0 Å². The van der Waals surface area contributed by atoms with Crippen LogP contribution < -0.4 is 0 Å². The highest BCUT2D eigenvalue weighted by molar-refractivity contribution is 5.78. The van der Waals surface area contributed by atoms with Gasteiger partial charge in [0.25, 0.3) is 0 Å². The zero-order valence-electron chi connectivity index (χ0n) is 14.0. The molecule has 0 bridgehead atoms. The van der Waals surface area contributed by atoms with Crippen molar-refractivity contribution < 1.29 is 9.32 Å². The van der Waals surface area contributed by atoms with Gasteiger partial charge in [0.05, 0.1) is 0 Å². The number of hydrogen-bond donors (Lipinski definition) is 0. The molecule has 1 unspecified atom stereocenters. The minimum atomic E-state index is -0.0972. The third-order valence-electron chi connectivity index (χ3n) is 4.41. The van der Waals surface area contributed by atoms with Gasteiger partial charge in [-0.05, 0) is 23.5 Å². The van der Waals surface area contributed by atoms with Crippen LogP contribution in [-0.4, -0.2) is 20.9 Å². The van der Waals surface area contributed by atoms with Gasteiger partial charge in [0.15, 0.2) is 5.82 Å². The molecule has 3 rings (SSSR count). The number of aromatic nitrogens is 2. The molecule has 1 aromatic heterocycles. The third kappa shape index (κ3) is 3.28. The topological polar surface area (TPSA) is 59.2 Å². The summed E-state index contributed by atoms with van der Waals surface area (Å²) in [4.78, 5) is 18.5. The maximum atomic E-state index is 12.2. The van der Waals surface area contributed by atoms with E-state index in [1.165, 1.54) is 5.56 Å². The molecule has 2 heterocycles. The van der Waals surface area contributed by atoms with E-state index in [0.717, 1.165) is 18.4 Å². The second-order valence-electron chi connectivity index (χ2n) is 6.37. The summed E-state index contributed by atoms with van der Waals surface area (Å²) in [5.41, 5.74) is 2.44. The first-order chi connectivity index (χ1) is 11.1. The monoisotopic (exact) mass is 313 g/mol. The lowest BCUT2D eigenvalue weighted by Crippen LogP contribution is -2.27. The summed E-state index contributed by atoms with van der Waals surface area (Å²) >= 11 is 0. The average Bonchev–Trinajstić information content (AvgIpc) is 3.15. The zero-order chi connectivity index (χ0) is 16.4. The standard InChI is InChI=1S/C18H23N3O2/c1-4-16-19-18(23-20-16)15-9-10-17(22)21(15)11-13-5-7-14(8-6-13)12(2)3/h5-8,12,15H,4,9-11H2,1-3H3. The van der Waals surface area contributed by atoms with Crippen molar-refractivity contribution in [3.8, 4) is 0 Å². The van der Waals surface area contributed by atoms with Crippen LogP contribution in [0, 0.1) is 0 Å². The van der Waals surface area contributed by atoms with Crippen LogP contribution in [0.4, 0.5) is 0 Å². The molecule has 1 amide bonds. The fourth-order valence-electron chi connectivity index (χ4n) is 2.94. The van der Waals surface area contributed by atoms with Gasteiger partial charge in [0.2, 0.25) is 11.8 Å². The van der Waals surface area contributed by atoms with E-state index in [-0.39, 0.29) is 11.9 Å². The molecule has 0 radical (unpaired) electrons. The van der Waals surface area contributed by atoms with Crippen LogP contribution in [0.2, 0.25) is 0 Å². The van der Waals surface area contributed by atoms with Crippen LogP contribution in [0.3, 0.4) is 0 Å². The number of rotatable bonds is 5. The molecule has 0 N–H and O–H groups in total. The number of carbonyl (C=O) groups excluding carboxylic acids is 1. The van der Waals surface area contributed by atoms with Crippen LogP contribution in [0.25, 0.3) is 0 Å². The van der Waals surface area contributed by atoms with E-state index in [1.54, 1.807) is 0 Å². The van der Waals surface area contributed by atoms with Gasteiger partial charge in [-0.1, -0.05) is 50.2 Å². The van der Waals surface area contributed by atoms with Crippen molar-refractivity contribution in [2.45, 2.75) is 58.5 Å². The Hall–Kier alpha value is -2.17. The predicted molar refractivity (Wildman–Crippen MR) is 86.7 cm³/mol. The van der Waals surface area contributed by atoms with E-state index in [1.807, 2.05) is 11.8 Å². The lowest BCUT2D eigenvalue weighted by molar-refractivity contribution is -0.129. The van der Waals surface area contributed by atoms with Gasteiger partial charge >= 0.3 is 0 Å². The first-order valence-electron chi connectivity index (χ1n) is 8.29. The SMILES string of the molecule is CCc1noc(C2CCC(=O)N2Cc2ccc(C(C)C)cc2)n1. The van der Waals surface area contributed by atoms with E-state index in [2.05, 4.69) is 48.3 Å². The summed E-state index contributed by atoms with van der Waals surface area (Å²) in [6, 6.07) is 8.38. The van der Waals surface area contributed by atoms with Crippen LogP contribution in [0.15, 0.2) is 28.8 Å². The van der Waals surface area contributed by atoms with Crippen LogP contribution in [0.1, 0.15) is 68.4 Å². The van der Waals surface area contributed by atoms with Crippen LogP contribution >= 0.6 is 0 Å². The second-order valence-corrected chi connectivity index (χ2v) is 6.37. The van der Waals surface area contributed by atoms with Crippen molar-refractivity contribution in [1.29, 1.82) is 0 Å². The molecule has 0 aliphatic carbocycles. The van der Waals surface area contributed by atoms with Gasteiger partial charge < -0.3 is 9.42 Å². The summed E-state index contributed by atoms with van der Waals surface area (Å²) in [5, 5.41) is 3.95. The molecule has 0 spiro atoms. The number of aryl methyl sites for hydroxylation is 1. The molecular weight excluding hydrogens is 290 g/mol. The lowest BCUT2D eigenvalue weighted by Gasteiger charge is -2.22. The van der Waals surface area contributed by atoms with Crippen molar-refractivity contribution in [2.24, 2.45) is 0 Å². The van der Waals surface area contributed by atoms with Crippen LogP contribution in [0.5, 0.6) is 0 Å². The minimum Gasteiger partial charge on any atom is -0.337 e. The number of likely N-dealkylation sites (tertiary alicyclic amines) is 1. The summed E-state index contributed by atoms with van der Waals surface area (Å²) in [7, 11) is 0. The average molecular weight is 313 g/mol. The van der Waals surface area contributed by atoms with Crippen molar-refractivity contribution >= 4 is 5.91 Å². The van der Waals surface area contributed by atoms with Crippen molar-refractivity contribution in [2.75, 3.05) is 0 Å². The smallest absolute Gasteiger partial charge is 0.249 e. The molecule has 1 atom stereocenters. The summed E-state index contributed by atoms with van der Waals surface area (Å²) in [6.07, 6.45) is 2.02. The number of amides is 1. The molecule has 0 saturated carbocycles. The Morgan fingerprint density at radius 1 is 1.30 bits per heavy atom. The van der Waals surface area contributed by atoms with Gasteiger partial charge in [0, 0.05) is 19.4 Å². The van der Waals surface area contributed by atoms with E-state index >= 15 is 0 Å². The Morgan fingerprint density at radius 2 is 2.04 bits per heavy atom. The Bertz CT molecular complexity index is 676. The molecule has 1 aliphatic heterocycles. The molecule has 1 fully saturated rings. The predicted octanol–water partition coefficient (Wildman–Crippen LogP) is 3.62. The molecule has 1 saturated heterocycles. The number of nitrogens with zero attached hydrogens (tertiary/aromatic N) is 3. The fourth-order valence-corrected chi connectivity index (χ4v) is 2.94. The number of carbonyl (C=O) groups is 1. The van der Waals surface area contributed by atoms with Gasteiger partial charge in [-0.3, -0.25) is 4.79 Å². The first kappa shape index (κ1) is 15.7. The highest BCUT2D eigenvalue weighted by atomic mass is 16.5. The Balaban J connectivity index is 1.77. The molecule has 2 aromatic rings. The minimum absolute atomic E-state index is 0.0972. The molecule has 122 valence electrons. The third-order valence-corrected chi connectivity index (χ3v) is 4.41. The Labute approximate surface area is 136 Å². The van der Waals surface area contributed by atoms with E-state index in [9.17, 15) is 4.79 Å². The first-order valence-corrected chi connectivity index (χ1v) is 8.29. The zero-order valence-corrected chi connectivity index (χ0v) is 14.0. The molecule has 23 heavy (non-hydrogen) atoms. The van der Waals surface area contributed by atoms with E-state index in [0.29, 0.717) is 30.6 Å². The molecule has 5 heteroatoms. The second kappa shape index (κ2) is 6.52. The lowest BCUT2D eigenvalue weighted by atomic mass is 10.0. The fraction of sp³-hybridized carbons (Fsp3) is 0.500. The highest BCUT2D eigenvalue weighted by Gasteiger charge is 2.35. The largest absolute Gasteiger partial charge is 0.337 e. The molecule has 1 aromatic carbocycles. The summed E-state index contributed by atoms with van der Waals surface area (Å²) in [6.45, 7) is 6.93. The Kier molecular flexibility index (Phi) is 4.46. The number of hydrogen-bond acceptors (Lipinski definition) is 4. The van der Waals surface area contributed by atoms with Crippen molar-refractivity contribution in [3.63, 3.8) is 0 Å². The van der Waals surface area contributed by atoms with E-state index in [4.69, 9.17) is 4.52 Å². The van der Waals surface area contributed by atoms with Crippen LogP contribution in [-0.2, 0) is 17.8 Å². The summed E-state index contributed by atoms with van der Waals surface area (Å²) < 4.78 is 5.35. The van der Waals surface area contributed by atoms with Gasteiger partial charge in [-0.2, -0.15) is 4.98 Å². The van der Waals surface area contributed by atoms with Gasteiger partial charge in [-0.15, -0.1) is 0 Å². The maximum absolute atomic E-state index is 12.2. The molecule has 1 aliphatic rings. The van der Waals surface area contributed by atoms with Crippen molar-refractivity contribution in [1.82, 2.24) is 15.0 Å². The highest BCUT2D eigenvalue weighted by Crippen LogP contribution is 2.33. The van der Waals surface area contributed by atoms with Gasteiger partial charge in [-0.25, -0.2) is 0 Å². The van der Waals surface area contributed by atoms with Gasteiger partial charge in [0.1, 0.15) is 6.04 Å². The maximum Gasteiger partial charge on any atom is 0.249 e.